The highest BCUT2D eigenvalue weighted by atomic mass is 16.4. The molecule has 0 spiro atoms. The SMILES string of the molecule is Cc1ccccc1C1(C(C)(C)C)C2CCC(=O)N2CCN1C(=O)O. The van der Waals surface area contributed by atoms with Crippen LogP contribution in [0, 0.1) is 12.3 Å². The van der Waals surface area contributed by atoms with Gasteiger partial charge in [0.15, 0.2) is 0 Å². The second-order valence-corrected chi connectivity index (χ2v) is 7.91. The number of amides is 2. The van der Waals surface area contributed by atoms with Gasteiger partial charge in [-0.05, 0) is 29.9 Å². The molecule has 0 bridgehead atoms. The van der Waals surface area contributed by atoms with E-state index in [0.29, 0.717) is 25.9 Å². The summed E-state index contributed by atoms with van der Waals surface area (Å²) < 4.78 is 0. The molecular weight excluding hydrogens is 304 g/mol. The third-order valence-corrected chi connectivity index (χ3v) is 5.73. The lowest BCUT2D eigenvalue weighted by atomic mass is 9.61. The Morgan fingerprint density at radius 2 is 1.92 bits per heavy atom. The Hall–Kier alpha value is -2.04. The van der Waals surface area contributed by atoms with Gasteiger partial charge in [-0.3, -0.25) is 9.69 Å². The predicted octanol–water partition coefficient (Wildman–Crippen LogP) is 3.22. The van der Waals surface area contributed by atoms with E-state index in [1.165, 1.54) is 0 Å². The smallest absolute Gasteiger partial charge is 0.408 e. The number of carbonyl (C=O) groups is 2. The number of fused-ring (bicyclic) bond motifs is 1. The van der Waals surface area contributed by atoms with E-state index in [4.69, 9.17) is 0 Å². The summed E-state index contributed by atoms with van der Waals surface area (Å²) in [5.41, 5.74) is 0.990. The monoisotopic (exact) mass is 330 g/mol. The van der Waals surface area contributed by atoms with Gasteiger partial charge < -0.3 is 10.0 Å². The van der Waals surface area contributed by atoms with Crippen molar-refractivity contribution in [2.45, 2.75) is 52.1 Å². The molecule has 0 saturated carbocycles. The largest absolute Gasteiger partial charge is 0.465 e. The van der Waals surface area contributed by atoms with E-state index in [0.717, 1.165) is 11.1 Å². The zero-order valence-electron chi connectivity index (χ0n) is 14.9. The van der Waals surface area contributed by atoms with Gasteiger partial charge in [-0.2, -0.15) is 0 Å². The third-order valence-electron chi connectivity index (χ3n) is 5.73. The molecule has 2 atom stereocenters. The summed E-state index contributed by atoms with van der Waals surface area (Å²) in [6, 6.07) is 7.88. The molecule has 0 aromatic heterocycles. The molecule has 0 aliphatic carbocycles. The summed E-state index contributed by atoms with van der Waals surface area (Å²) in [4.78, 5) is 28.1. The van der Waals surface area contributed by atoms with Gasteiger partial charge in [0.2, 0.25) is 5.91 Å². The summed E-state index contributed by atoms with van der Waals surface area (Å²) in [6.07, 6.45) is 0.294. The third kappa shape index (κ3) is 2.14. The molecular formula is C19H26N2O3. The van der Waals surface area contributed by atoms with E-state index in [1.54, 1.807) is 4.90 Å². The van der Waals surface area contributed by atoms with Crippen LogP contribution in [-0.2, 0) is 10.3 Å². The van der Waals surface area contributed by atoms with Gasteiger partial charge in [-0.15, -0.1) is 0 Å². The quantitative estimate of drug-likeness (QED) is 0.860. The predicted molar refractivity (Wildman–Crippen MR) is 91.8 cm³/mol. The molecule has 130 valence electrons. The van der Waals surface area contributed by atoms with E-state index in [2.05, 4.69) is 20.8 Å². The number of aryl methyl sites for hydroxylation is 1. The Labute approximate surface area is 143 Å². The molecule has 24 heavy (non-hydrogen) atoms. The Morgan fingerprint density at radius 1 is 1.25 bits per heavy atom. The minimum absolute atomic E-state index is 0.115. The number of piperazine rings is 1. The van der Waals surface area contributed by atoms with Crippen molar-refractivity contribution in [2.24, 2.45) is 5.41 Å². The molecule has 2 aliphatic heterocycles. The zero-order valence-corrected chi connectivity index (χ0v) is 14.9. The van der Waals surface area contributed by atoms with Crippen LogP contribution in [0.3, 0.4) is 0 Å². The van der Waals surface area contributed by atoms with Crippen molar-refractivity contribution >= 4 is 12.0 Å². The van der Waals surface area contributed by atoms with E-state index in [-0.39, 0.29) is 17.4 Å². The van der Waals surface area contributed by atoms with Crippen LogP contribution in [0.2, 0.25) is 0 Å². The molecule has 1 aromatic rings. The molecule has 2 unspecified atom stereocenters. The molecule has 5 heteroatoms. The molecule has 1 aromatic carbocycles. The molecule has 2 fully saturated rings. The number of nitrogens with zero attached hydrogens (tertiary/aromatic N) is 2. The maximum atomic E-state index is 12.4. The minimum atomic E-state index is -0.910. The Bertz CT molecular complexity index is 679. The summed E-state index contributed by atoms with van der Waals surface area (Å²) >= 11 is 0. The molecule has 3 rings (SSSR count). The van der Waals surface area contributed by atoms with Gasteiger partial charge in [0, 0.05) is 19.5 Å². The number of rotatable bonds is 1. The summed E-state index contributed by atoms with van der Waals surface area (Å²) in [5.74, 6) is 0.146. The van der Waals surface area contributed by atoms with Crippen LogP contribution in [0.4, 0.5) is 4.79 Å². The second-order valence-electron chi connectivity index (χ2n) is 7.91. The first-order valence-electron chi connectivity index (χ1n) is 8.57. The molecule has 1 N–H and O–H groups in total. The normalized spacial score (nSPS) is 27.3. The van der Waals surface area contributed by atoms with Crippen LogP contribution < -0.4 is 0 Å². The number of hydrogen-bond acceptors (Lipinski definition) is 2. The maximum absolute atomic E-state index is 12.4. The van der Waals surface area contributed by atoms with Gasteiger partial charge in [0.1, 0.15) is 0 Å². The van der Waals surface area contributed by atoms with E-state index < -0.39 is 11.6 Å². The minimum Gasteiger partial charge on any atom is -0.465 e. The van der Waals surface area contributed by atoms with Gasteiger partial charge in [0.25, 0.3) is 0 Å². The number of hydrogen-bond donors (Lipinski definition) is 1. The van der Waals surface area contributed by atoms with Gasteiger partial charge in [-0.1, -0.05) is 45.0 Å². The Morgan fingerprint density at radius 3 is 2.50 bits per heavy atom. The molecule has 2 saturated heterocycles. The van der Waals surface area contributed by atoms with Gasteiger partial charge >= 0.3 is 6.09 Å². The van der Waals surface area contributed by atoms with E-state index in [9.17, 15) is 14.7 Å². The van der Waals surface area contributed by atoms with Crippen molar-refractivity contribution in [3.05, 3.63) is 35.4 Å². The Kier molecular flexibility index (Phi) is 3.85. The van der Waals surface area contributed by atoms with Crippen molar-refractivity contribution in [3.8, 4) is 0 Å². The van der Waals surface area contributed by atoms with Gasteiger partial charge in [-0.25, -0.2) is 4.79 Å². The summed E-state index contributed by atoms with van der Waals surface area (Å²) in [6.45, 7) is 9.12. The van der Waals surface area contributed by atoms with Crippen LogP contribution in [0.5, 0.6) is 0 Å². The lowest BCUT2D eigenvalue weighted by Gasteiger charge is -2.60. The second kappa shape index (κ2) is 5.50. The first-order chi connectivity index (χ1) is 11.2. The average molecular weight is 330 g/mol. The highest BCUT2D eigenvalue weighted by molar-refractivity contribution is 5.80. The van der Waals surface area contributed by atoms with E-state index in [1.807, 2.05) is 36.1 Å². The summed E-state index contributed by atoms with van der Waals surface area (Å²) in [7, 11) is 0. The fourth-order valence-corrected chi connectivity index (χ4v) is 4.89. The zero-order chi connectivity index (χ0) is 17.7. The number of carbonyl (C=O) groups excluding carboxylic acids is 1. The van der Waals surface area contributed by atoms with Crippen LogP contribution >= 0.6 is 0 Å². The van der Waals surface area contributed by atoms with E-state index >= 15 is 0 Å². The topological polar surface area (TPSA) is 60.9 Å². The highest BCUT2D eigenvalue weighted by Crippen LogP contribution is 2.53. The fourth-order valence-electron chi connectivity index (χ4n) is 4.89. The van der Waals surface area contributed by atoms with Crippen molar-refractivity contribution < 1.29 is 14.7 Å². The molecule has 2 amide bonds. The van der Waals surface area contributed by atoms with Crippen LogP contribution in [0.15, 0.2) is 24.3 Å². The number of benzene rings is 1. The lowest BCUT2D eigenvalue weighted by molar-refractivity contribution is -0.141. The first-order valence-corrected chi connectivity index (χ1v) is 8.57. The maximum Gasteiger partial charge on any atom is 0.408 e. The van der Waals surface area contributed by atoms with Crippen molar-refractivity contribution in [1.82, 2.24) is 9.80 Å². The molecule has 2 heterocycles. The molecule has 0 radical (unpaired) electrons. The molecule has 5 nitrogen and oxygen atoms in total. The van der Waals surface area contributed by atoms with Crippen molar-refractivity contribution in [1.29, 1.82) is 0 Å². The van der Waals surface area contributed by atoms with Crippen molar-refractivity contribution in [2.75, 3.05) is 13.1 Å². The van der Waals surface area contributed by atoms with Gasteiger partial charge in [0.05, 0.1) is 11.6 Å². The van der Waals surface area contributed by atoms with Crippen LogP contribution in [0.25, 0.3) is 0 Å². The average Bonchev–Trinajstić information content (AvgIpc) is 2.87. The van der Waals surface area contributed by atoms with Crippen LogP contribution in [0.1, 0.15) is 44.7 Å². The Balaban J connectivity index is 2.32. The fraction of sp³-hybridized carbons (Fsp3) is 0.579. The highest BCUT2D eigenvalue weighted by Gasteiger charge is 2.61. The first kappa shape index (κ1) is 16.8. The summed E-state index contributed by atoms with van der Waals surface area (Å²) in [5, 5.41) is 10.00. The molecule has 2 aliphatic rings. The van der Waals surface area contributed by atoms with Crippen LogP contribution in [-0.4, -0.2) is 46.0 Å². The lowest BCUT2D eigenvalue weighted by Crippen LogP contribution is -2.70. The van der Waals surface area contributed by atoms with Crippen molar-refractivity contribution in [3.63, 3.8) is 0 Å². The standard InChI is InChI=1S/C19H26N2O3/c1-13-7-5-6-8-14(13)19(18(2,3)4)15-9-10-16(22)20(15)11-12-21(19)17(23)24/h5-8,15H,9-12H2,1-4H3,(H,23,24). The number of carboxylic acid groups (broad SMARTS) is 1.